The summed E-state index contributed by atoms with van der Waals surface area (Å²) in [5.74, 6) is 1.02. The van der Waals surface area contributed by atoms with E-state index in [0.29, 0.717) is 25.6 Å². The molecular formula is C20H30FN5O. The van der Waals surface area contributed by atoms with Crippen LogP contribution in [0.25, 0.3) is 0 Å². The number of halogens is 1. The van der Waals surface area contributed by atoms with Crippen LogP contribution in [0.4, 0.5) is 4.39 Å². The number of hydrogen-bond acceptors (Lipinski definition) is 3. The van der Waals surface area contributed by atoms with Crippen LogP contribution in [0.5, 0.6) is 5.75 Å². The maximum atomic E-state index is 14.0. The normalized spacial score (nSPS) is 11.8. The third kappa shape index (κ3) is 5.45. The highest BCUT2D eigenvalue weighted by molar-refractivity contribution is 5.79. The molecule has 1 heterocycles. The molecule has 0 unspecified atom stereocenters. The molecule has 0 amide bonds. The summed E-state index contributed by atoms with van der Waals surface area (Å²) in [5, 5.41) is 7.83. The van der Waals surface area contributed by atoms with Gasteiger partial charge >= 0.3 is 0 Å². The maximum Gasteiger partial charge on any atom is 0.193 e. The number of aryl methyl sites for hydroxylation is 1. The van der Waals surface area contributed by atoms with Crippen LogP contribution < -0.4 is 10.1 Å². The van der Waals surface area contributed by atoms with E-state index in [2.05, 4.69) is 29.3 Å². The maximum absolute atomic E-state index is 14.0. The first-order chi connectivity index (χ1) is 12.8. The van der Waals surface area contributed by atoms with E-state index in [9.17, 15) is 4.39 Å². The van der Waals surface area contributed by atoms with Gasteiger partial charge in [-0.25, -0.2) is 4.39 Å². The lowest BCUT2D eigenvalue weighted by molar-refractivity contribution is 0.321. The van der Waals surface area contributed by atoms with E-state index in [1.165, 1.54) is 11.6 Å². The Bertz CT molecular complexity index is 785. The first-order valence-electron chi connectivity index (χ1n) is 9.21. The molecule has 0 saturated carbocycles. The number of nitrogens with zero attached hydrogens (tertiary/aromatic N) is 4. The molecule has 2 rings (SSSR count). The summed E-state index contributed by atoms with van der Waals surface area (Å²) < 4.78 is 21.1. The summed E-state index contributed by atoms with van der Waals surface area (Å²) in [5.41, 5.74) is 3.09. The second kappa shape index (κ2) is 9.39. The number of nitrogens with one attached hydrogen (secondary N) is 1. The van der Waals surface area contributed by atoms with Gasteiger partial charge in [0.2, 0.25) is 0 Å². The molecular weight excluding hydrogens is 345 g/mol. The van der Waals surface area contributed by atoms with Gasteiger partial charge in [-0.1, -0.05) is 19.9 Å². The van der Waals surface area contributed by atoms with Crippen molar-refractivity contribution >= 4 is 5.96 Å². The van der Waals surface area contributed by atoms with Crippen molar-refractivity contribution in [3.63, 3.8) is 0 Å². The van der Waals surface area contributed by atoms with Crippen molar-refractivity contribution in [2.75, 3.05) is 20.7 Å². The zero-order valence-electron chi connectivity index (χ0n) is 17.1. The molecule has 148 valence electrons. The summed E-state index contributed by atoms with van der Waals surface area (Å²) >= 11 is 0. The average molecular weight is 375 g/mol. The van der Waals surface area contributed by atoms with Crippen LogP contribution in [0.15, 0.2) is 29.4 Å². The first-order valence-corrected chi connectivity index (χ1v) is 9.21. The third-order valence-electron chi connectivity index (χ3n) is 4.21. The van der Waals surface area contributed by atoms with Gasteiger partial charge in [0.1, 0.15) is 0 Å². The molecule has 0 radical (unpaired) electrons. The Balaban J connectivity index is 2.02. The second-order valence-corrected chi connectivity index (χ2v) is 6.82. The number of rotatable bonds is 7. The van der Waals surface area contributed by atoms with Crippen molar-refractivity contribution in [3.8, 4) is 5.75 Å². The zero-order chi connectivity index (χ0) is 20.0. The summed E-state index contributed by atoms with van der Waals surface area (Å²) in [6.45, 7) is 7.72. The summed E-state index contributed by atoms with van der Waals surface area (Å²) in [7, 11) is 5.65. The Labute approximate surface area is 161 Å². The highest BCUT2D eigenvalue weighted by atomic mass is 19.1. The van der Waals surface area contributed by atoms with Crippen LogP contribution in [0.3, 0.4) is 0 Å². The van der Waals surface area contributed by atoms with Gasteiger partial charge in [-0.3, -0.25) is 9.67 Å². The number of aromatic nitrogens is 2. The fraction of sp³-hybridized carbons (Fsp3) is 0.500. The quantitative estimate of drug-likeness (QED) is 0.596. The van der Waals surface area contributed by atoms with Crippen LogP contribution in [-0.2, 0) is 20.1 Å². The molecule has 1 aromatic heterocycles. The smallest absolute Gasteiger partial charge is 0.193 e. The Morgan fingerprint density at radius 1 is 1.41 bits per heavy atom. The van der Waals surface area contributed by atoms with Gasteiger partial charge in [-0.15, -0.1) is 0 Å². The van der Waals surface area contributed by atoms with Crippen molar-refractivity contribution in [3.05, 3.63) is 47.0 Å². The minimum absolute atomic E-state index is 0.278. The summed E-state index contributed by atoms with van der Waals surface area (Å²) in [6.07, 6.45) is 2.04. The van der Waals surface area contributed by atoms with Gasteiger partial charge < -0.3 is 15.0 Å². The molecule has 0 atom stereocenters. The first kappa shape index (κ1) is 20.7. The standard InChI is InChI=1S/C20H30FN5O/c1-7-27-18-9-8-15(10-17(18)21)11-23-20(22-4)25(5)12-16-13-26(6)24-19(16)14(2)3/h8-10,13-14H,7,11-12H2,1-6H3,(H,22,23). The van der Waals surface area contributed by atoms with Crippen molar-refractivity contribution < 1.29 is 9.13 Å². The van der Waals surface area contributed by atoms with Gasteiger partial charge in [0.15, 0.2) is 17.5 Å². The minimum Gasteiger partial charge on any atom is -0.491 e. The largest absolute Gasteiger partial charge is 0.491 e. The highest BCUT2D eigenvalue weighted by Gasteiger charge is 2.15. The lowest BCUT2D eigenvalue weighted by Gasteiger charge is -2.22. The van der Waals surface area contributed by atoms with Crippen molar-refractivity contribution in [2.45, 2.75) is 39.8 Å². The van der Waals surface area contributed by atoms with E-state index < -0.39 is 0 Å². The van der Waals surface area contributed by atoms with Gasteiger partial charge in [-0.05, 0) is 30.5 Å². The Morgan fingerprint density at radius 3 is 2.74 bits per heavy atom. The SMILES string of the molecule is CCOc1ccc(CNC(=NC)N(C)Cc2cn(C)nc2C(C)C)cc1F. The second-order valence-electron chi connectivity index (χ2n) is 6.82. The molecule has 0 bridgehead atoms. The van der Waals surface area contributed by atoms with Gasteiger partial charge in [0.05, 0.1) is 12.3 Å². The predicted octanol–water partition coefficient (Wildman–Crippen LogP) is 3.29. The van der Waals surface area contributed by atoms with E-state index in [0.717, 1.165) is 17.2 Å². The Morgan fingerprint density at radius 2 is 2.15 bits per heavy atom. The molecule has 0 aliphatic carbocycles. The van der Waals surface area contributed by atoms with Crippen molar-refractivity contribution in [2.24, 2.45) is 12.0 Å². The lowest BCUT2D eigenvalue weighted by Crippen LogP contribution is -2.38. The number of aliphatic imine (C=N–C) groups is 1. The fourth-order valence-corrected chi connectivity index (χ4v) is 2.99. The number of benzene rings is 1. The molecule has 1 aromatic carbocycles. The lowest BCUT2D eigenvalue weighted by atomic mass is 10.1. The van der Waals surface area contributed by atoms with Crippen LogP contribution >= 0.6 is 0 Å². The molecule has 0 aliphatic rings. The third-order valence-corrected chi connectivity index (χ3v) is 4.21. The van der Waals surface area contributed by atoms with Crippen LogP contribution in [0.1, 0.15) is 43.5 Å². The molecule has 0 aliphatic heterocycles. The zero-order valence-corrected chi connectivity index (χ0v) is 17.1. The van der Waals surface area contributed by atoms with Crippen LogP contribution in [-0.4, -0.2) is 41.3 Å². The monoisotopic (exact) mass is 375 g/mol. The molecule has 0 fully saturated rings. The van der Waals surface area contributed by atoms with Crippen LogP contribution in [0, 0.1) is 5.82 Å². The molecule has 0 spiro atoms. The molecule has 0 saturated heterocycles. The molecule has 7 heteroatoms. The van der Waals surface area contributed by atoms with E-state index in [4.69, 9.17) is 4.74 Å². The predicted molar refractivity (Wildman–Crippen MR) is 107 cm³/mol. The Hall–Kier alpha value is -2.57. The Kier molecular flexibility index (Phi) is 7.21. The number of ether oxygens (including phenoxy) is 1. The van der Waals surface area contributed by atoms with Gasteiger partial charge in [0, 0.05) is 46.0 Å². The van der Waals surface area contributed by atoms with E-state index >= 15 is 0 Å². The van der Waals surface area contributed by atoms with Crippen LogP contribution in [0.2, 0.25) is 0 Å². The van der Waals surface area contributed by atoms with E-state index in [1.54, 1.807) is 13.1 Å². The number of hydrogen-bond donors (Lipinski definition) is 1. The summed E-state index contributed by atoms with van der Waals surface area (Å²) in [4.78, 5) is 6.37. The average Bonchev–Trinajstić information content (AvgIpc) is 2.98. The van der Waals surface area contributed by atoms with Gasteiger partial charge in [-0.2, -0.15) is 5.10 Å². The molecule has 2 aromatic rings. The molecule has 27 heavy (non-hydrogen) atoms. The van der Waals surface area contributed by atoms with Crippen molar-refractivity contribution in [1.29, 1.82) is 0 Å². The fourth-order valence-electron chi connectivity index (χ4n) is 2.99. The molecule has 6 nitrogen and oxygen atoms in total. The van der Waals surface area contributed by atoms with E-state index in [-0.39, 0.29) is 11.6 Å². The van der Waals surface area contributed by atoms with Gasteiger partial charge in [0.25, 0.3) is 0 Å². The van der Waals surface area contributed by atoms with Crippen molar-refractivity contribution in [1.82, 2.24) is 20.0 Å². The topological polar surface area (TPSA) is 54.7 Å². The molecule has 1 N–H and O–H groups in total. The number of guanidine groups is 1. The minimum atomic E-state index is -0.351. The highest BCUT2D eigenvalue weighted by Crippen LogP contribution is 2.19. The van der Waals surface area contributed by atoms with E-state index in [1.807, 2.05) is 42.9 Å². The summed E-state index contributed by atoms with van der Waals surface area (Å²) in [6, 6.07) is 5.00.